The number of nitrogens with zero attached hydrogens (tertiary/aromatic N) is 2. The number of imidazole rings is 1. The van der Waals surface area contributed by atoms with Gasteiger partial charge >= 0.3 is 5.69 Å². The van der Waals surface area contributed by atoms with E-state index in [1.54, 1.807) is 4.57 Å². The zero-order chi connectivity index (χ0) is 17.6. The first-order chi connectivity index (χ1) is 12.2. The Morgan fingerprint density at radius 2 is 1.64 bits per heavy atom. The van der Waals surface area contributed by atoms with Gasteiger partial charge in [-0.2, -0.15) is 0 Å². The molecule has 136 valence electrons. The summed E-state index contributed by atoms with van der Waals surface area (Å²) in [6.45, 7) is 3.22. The van der Waals surface area contributed by atoms with Crippen LogP contribution in [0, 0.1) is 0 Å². The van der Waals surface area contributed by atoms with E-state index in [0.29, 0.717) is 25.6 Å². The van der Waals surface area contributed by atoms with E-state index in [-0.39, 0.29) is 11.6 Å². The Morgan fingerprint density at radius 1 is 1.04 bits per heavy atom. The Labute approximate surface area is 149 Å². The Bertz CT molecular complexity index is 767. The van der Waals surface area contributed by atoms with Crippen molar-refractivity contribution < 1.29 is 4.79 Å². The van der Waals surface area contributed by atoms with E-state index in [2.05, 4.69) is 12.2 Å². The summed E-state index contributed by atoms with van der Waals surface area (Å²) in [5.74, 6) is 0.0612. The maximum absolute atomic E-state index is 12.7. The number of fused-ring (bicyclic) bond motifs is 1. The number of aromatic nitrogens is 2. The molecule has 1 fully saturated rings. The number of benzene rings is 1. The highest BCUT2D eigenvalue weighted by atomic mass is 16.2. The van der Waals surface area contributed by atoms with Crippen molar-refractivity contribution in [1.29, 1.82) is 0 Å². The minimum atomic E-state index is -0.00897. The minimum absolute atomic E-state index is 0.00897. The monoisotopic (exact) mass is 343 g/mol. The highest BCUT2D eigenvalue weighted by Crippen LogP contribution is 2.17. The van der Waals surface area contributed by atoms with E-state index in [0.717, 1.165) is 30.3 Å². The smallest absolute Gasteiger partial charge is 0.329 e. The van der Waals surface area contributed by atoms with Crippen LogP contribution in [0.5, 0.6) is 0 Å². The van der Waals surface area contributed by atoms with Crippen LogP contribution in [0.15, 0.2) is 29.1 Å². The third-order valence-electron chi connectivity index (χ3n) is 5.16. The number of para-hydroxylation sites is 2. The first kappa shape index (κ1) is 17.8. The van der Waals surface area contributed by atoms with Crippen LogP contribution in [0.25, 0.3) is 11.0 Å². The lowest BCUT2D eigenvalue weighted by Gasteiger charge is -2.16. The summed E-state index contributed by atoms with van der Waals surface area (Å²) >= 11 is 0. The van der Waals surface area contributed by atoms with Gasteiger partial charge in [0.1, 0.15) is 0 Å². The summed E-state index contributed by atoms with van der Waals surface area (Å²) in [5, 5.41) is 3.17. The molecule has 0 spiro atoms. The van der Waals surface area contributed by atoms with Gasteiger partial charge in [0.25, 0.3) is 0 Å². The fourth-order valence-corrected chi connectivity index (χ4v) is 3.87. The zero-order valence-corrected chi connectivity index (χ0v) is 15.2. The SMILES string of the molecule is CCCn1c(=O)n(CCC(=O)NC2CCCCCC2)c2ccccc21. The Morgan fingerprint density at radius 3 is 2.24 bits per heavy atom. The maximum atomic E-state index is 12.7. The van der Waals surface area contributed by atoms with Crippen molar-refractivity contribution in [2.45, 2.75) is 77.4 Å². The van der Waals surface area contributed by atoms with Gasteiger partial charge in [-0.15, -0.1) is 0 Å². The fourth-order valence-electron chi connectivity index (χ4n) is 3.87. The standard InChI is InChI=1S/C20H29N3O2/c1-2-14-22-17-11-7-8-12-18(17)23(20(22)25)15-13-19(24)21-16-9-5-3-4-6-10-16/h7-8,11-12,16H,2-6,9-10,13-15H2,1H3,(H,21,24). The molecule has 1 aromatic carbocycles. The molecule has 1 saturated carbocycles. The van der Waals surface area contributed by atoms with Crippen LogP contribution in [0.4, 0.5) is 0 Å². The highest BCUT2D eigenvalue weighted by molar-refractivity contribution is 5.78. The van der Waals surface area contributed by atoms with Crippen LogP contribution in [-0.4, -0.2) is 21.1 Å². The second-order valence-corrected chi connectivity index (χ2v) is 7.08. The van der Waals surface area contributed by atoms with E-state index in [4.69, 9.17) is 0 Å². The quantitative estimate of drug-likeness (QED) is 0.817. The predicted octanol–water partition coefficient (Wildman–Crippen LogP) is 3.44. The van der Waals surface area contributed by atoms with Crippen molar-refractivity contribution in [3.63, 3.8) is 0 Å². The number of carbonyl (C=O) groups excluding carboxylic acids is 1. The lowest BCUT2D eigenvalue weighted by Crippen LogP contribution is -2.35. The molecule has 1 aliphatic carbocycles. The first-order valence-corrected chi connectivity index (χ1v) is 9.68. The number of nitrogens with one attached hydrogen (secondary N) is 1. The largest absolute Gasteiger partial charge is 0.353 e. The molecular weight excluding hydrogens is 314 g/mol. The molecule has 2 aromatic rings. The Balaban J connectivity index is 1.69. The Kier molecular flexibility index (Phi) is 5.95. The number of aryl methyl sites for hydroxylation is 2. The molecule has 0 bridgehead atoms. The van der Waals surface area contributed by atoms with Gasteiger partial charge in [0.05, 0.1) is 11.0 Å². The predicted molar refractivity (Wildman–Crippen MR) is 101 cm³/mol. The second kappa shape index (κ2) is 8.37. The topological polar surface area (TPSA) is 56.0 Å². The molecule has 1 aliphatic rings. The molecule has 3 rings (SSSR count). The van der Waals surface area contributed by atoms with Gasteiger partial charge in [-0.3, -0.25) is 13.9 Å². The molecule has 1 aromatic heterocycles. The zero-order valence-electron chi connectivity index (χ0n) is 15.2. The molecule has 1 N–H and O–H groups in total. The van der Waals surface area contributed by atoms with Gasteiger partial charge in [-0.25, -0.2) is 4.79 Å². The van der Waals surface area contributed by atoms with E-state index < -0.39 is 0 Å². The summed E-state index contributed by atoms with van der Waals surface area (Å²) in [6.07, 6.45) is 8.40. The summed E-state index contributed by atoms with van der Waals surface area (Å²) in [5.41, 5.74) is 1.87. The summed E-state index contributed by atoms with van der Waals surface area (Å²) in [4.78, 5) is 25.1. The lowest BCUT2D eigenvalue weighted by atomic mass is 10.1. The molecule has 5 heteroatoms. The minimum Gasteiger partial charge on any atom is -0.353 e. The molecule has 0 unspecified atom stereocenters. The van der Waals surface area contributed by atoms with E-state index in [1.807, 2.05) is 28.8 Å². The van der Waals surface area contributed by atoms with Crippen LogP contribution in [-0.2, 0) is 17.9 Å². The number of hydrogen-bond donors (Lipinski definition) is 1. The average Bonchev–Trinajstić information content (AvgIpc) is 2.77. The first-order valence-electron chi connectivity index (χ1n) is 9.68. The van der Waals surface area contributed by atoms with Gasteiger partial charge in [0, 0.05) is 25.6 Å². The maximum Gasteiger partial charge on any atom is 0.329 e. The van der Waals surface area contributed by atoms with Crippen LogP contribution >= 0.6 is 0 Å². The highest BCUT2D eigenvalue weighted by Gasteiger charge is 2.16. The van der Waals surface area contributed by atoms with Crippen LogP contribution in [0.2, 0.25) is 0 Å². The number of hydrogen-bond acceptors (Lipinski definition) is 2. The van der Waals surface area contributed by atoms with Crippen LogP contribution in [0.1, 0.15) is 58.3 Å². The summed E-state index contributed by atoms with van der Waals surface area (Å²) in [7, 11) is 0. The molecule has 0 aliphatic heterocycles. The third-order valence-corrected chi connectivity index (χ3v) is 5.16. The molecule has 1 amide bonds. The van der Waals surface area contributed by atoms with Crippen molar-refractivity contribution in [3.05, 3.63) is 34.7 Å². The van der Waals surface area contributed by atoms with E-state index in [9.17, 15) is 9.59 Å². The van der Waals surface area contributed by atoms with Crippen molar-refractivity contribution in [1.82, 2.24) is 14.5 Å². The second-order valence-electron chi connectivity index (χ2n) is 7.08. The molecule has 25 heavy (non-hydrogen) atoms. The van der Waals surface area contributed by atoms with Crippen molar-refractivity contribution in [2.24, 2.45) is 0 Å². The van der Waals surface area contributed by atoms with Gasteiger partial charge in [-0.05, 0) is 31.4 Å². The normalized spacial score (nSPS) is 16.0. The number of carbonyl (C=O) groups is 1. The average molecular weight is 343 g/mol. The fraction of sp³-hybridized carbons (Fsp3) is 0.600. The summed E-state index contributed by atoms with van der Waals surface area (Å²) < 4.78 is 3.57. The molecule has 0 saturated heterocycles. The van der Waals surface area contributed by atoms with Crippen molar-refractivity contribution in [3.8, 4) is 0 Å². The third kappa shape index (κ3) is 4.14. The van der Waals surface area contributed by atoms with E-state index in [1.165, 1.54) is 25.7 Å². The van der Waals surface area contributed by atoms with E-state index >= 15 is 0 Å². The Hall–Kier alpha value is -2.04. The van der Waals surface area contributed by atoms with Crippen molar-refractivity contribution >= 4 is 16.9 Å². The molecule has 0 atom stereocenters. The molecule has 1 heterocycles. The van der Waals surface area contributed by atoms with Crippen LogP contribution < -0.4 is 11.0 Å². The molecule has 5 nitrogen and oxygen atoms in total. The van der Waals surface area contributed by atoms with Crippen molar-refractivity contribution in [2.75, 3.05) is 0 Å². The molecule has 0 radical (unpaired) electrons. The van der Waals surface area contributed by atoms with Gasteiger partial charge in [0.2, 0.25) is 5.91 Å². The number of amides is 1. The molecular formula is C20H29N3O2. The number of rotatable bonds is 6. The van der Waals surface area contributed by atoms with Gasteiger partial charge in [0.15, 0.2) is 0 Å². The lowest BCUT2D eigenvalue weighted by molar-refractivity contribution is -0.122. The summed E-state index contributed by atoms with van der Waals surface area (Å²) in [6, 6.07) is 8.16. The van der Waals surface area contributed by atoms with Gasteiger partial charge < -0.3 is 5.32 Å². The van der Waals surface area contributed by atoms with Crippen LogP contribution in [0.3, 0.4) is 0 Å². The van der Waals surface area contributed by atoms with Gasteiger partial charge in [-0.1, -0.05) is 44.7 Å².